The minimum Gasteiger partial charge on any atom is -0.383 e. The van der Waals surface area contributed by atoms with E-state index in [1.165, 1.54) is 12.1 Å². The molecule has 1 heterocycles. The number of aromatic nitrogens is 1. The molecule has 0 radical (unpaired) electrons. The first-order valence-electron chi connectivity index (χ1n) is 9.18. The monoisotopic (exact) mass is 392 g/mol. The van der Waals surface area contributed by atoms with Gasteiger partial charge in [-0.15, -0.1) is 0 Å². The van der Waals surface area contributed by atoms with Crippen molar-refractivity contribution in [3.63, 3.8) is 0 Å². The Morgan fingerprint density at radius 3 is 2.00 bits per heavy atom. The van der Waals surface area contributed by atoms with Crippen molar-refractivity contribution < 1.29 is 4.92 Å². The van der Waals surface area contributed by atoms with Gasteiger partial charge in [0.1, 0.15) is 17.5 Å². The molecule has 4 rings (SSSR count). The Labute approximate surface area is 173 Å². The minimum atomic E-state index is -0.454. The van der Waals surface area contributed by atoms with Gasteiger partial charge < -0.3 is 5.73 Å². The quantitative estimate of drug-likeness (QED) is 0.367. The first-order chi connectivity index (χ1) is 14.6. The Morgan fingerprint density at radius 1 is 0.833 bits per heavy atom. The van der Waals surface area contributed by atoms with Gasteiger partial charge in [0.15, 0.2) is 0 Å². The highest BCUT2D eigenvalue weighted by Crippen LogP contribution is 2.33. The number of nitriles is 1. The van der Waals surface area contributed by atoms with Gasteiger partial charge in [-0.25, -0.2) is 4.98 Å². The lowest BCUT2D eigenvalue weighted by molar-refractivity contribution is -0.384. The minimum absolute atomic E-state index is 0.00269. The second-order valence-corrected chi connectivity index (χ2v) is 6.67. The van der Waals surface area contributed by atoms with Gasteiger partial charge in [-0.3, -0.25) is 10.1 Å². The number of nitrogens with zero attached hydrogens (tertiary/aromatic N) is 3. The zero-order chi connectivity index (χ0) is 21.1. The van der Waals surface area contributed by atoms with E-state index in [9.17, 15) is 15.4 Å². The van der Waals surface area contributed by atoms with Gasteiger partial charge in [-0.2, -0.15) is 5.26 Å². The largest absolute Gasteiger partial charge is 0.383 e. The molecule has 0 unspecified atom stereocenters. The van der Waals surface area contributed by atoms with Crippen LogP contribution in [0, 0.1) is 21.4 Å². The lowest BCUT2D eigenvalue weighted by Crippen LogP contribution is -2.00. The molecular formula is C24H16N4O2. The number of non-ortho nitro benzene ring substituents is 1. The molecular weight excluding hydrogens is 376 g/mol. The Kier molecular flexibility index (Phi) is 4.93. The van der Waals surface area contributed by atoms with Gasteiger partial charge in [0, 0.05) is 23.3 Å². The van der Waals surface area contributed by atoms with Crippen LogP contribution in [0.3, 0.4) is 0 Å². The summed E-state index contributed by atoms with van der Waals surface area (Å²) < 4.78 is 0. The van der Waals surface area contributed by atoms with Crippen LogP contribution in [0.15, 0.2) is 84.9 Å². The second-order valence-electron chi connectivity index (χ2n) is 6.67. The molecule has 0 atom stereocenters. The van der Waals surface area contributed by atoms with Crippen molar-refractivity contribution in [2.24, 2.45) is 0 Å². The number of nitro benzene ring substituents is 1. The zero-order valence-corrected chi connectivity index (χ0v) is 15.8. The van der Waals surface area contributed by atoms with Crippen LogP contribution in [-0.4, -0.2) is 9.91 Å². The number of nitrogens with two attached hydrogens (primary N) is 1. The summed E-state index contributed by atoms with van der Waals surface area (Å²) in [5.41, 5.74) is 11.3. The molecule has 6 nitrogen and oxygen atoms in total. The fourth-order valence-corrected chi connectivity index (χ4v) is 3.28. The lowest BCUT2D eigenvalue weighted by Gasteiger charge is -2.11. The van der Waals surface area contributed by atoms with E-state index in [-0.39, 0.29) is 11.5 Å². The first-order valence-corrected chi connectivity index (χ1v) is 9.18. The number of hydrogen-bond acceptors (Lipinski definition) is 5. The van der Waals surface area contributed by atoms with E-state index in [1.807, 2.05) is 54.6 Å². The van der Waals surface area contributed by atoms with Crippen molar-refractivity contribution in [2.45, 2.75) is 0 Å². The van der Waals surface area contributed by atoms with E-state index < -0.39 is 4.92 Å². The topological polar surface area (TPSA) is 106 Å². The number of nitrogen functional groups attached to an aromatic ring is 1. The molecule has 144 valence electrons. The maximum absolute atomic E-state index is 10.9. The van der Waals surface area contributed by atoms with Crippen LogP contribution >= 0.6 is 0 Å². The van der Waals surface area contributed by atoms with Crippen LogP contribution in [0.2, 0.25) is 0 Å². The fourth-order valence-electron chi connectivity index (χ4n) is 3.28. The highest BCUT2D eigenvalue weighted by Gasteiger charge is 2.14. The number of pyridine rings is 1. The van der Waals surface area contributed by atoms with E-state index in [0.717, 1.165) is 16.7 Å². The van der Waals surface area contributed by atoms with Crippen LogP contribution in [0.25, 0.3) is 33.5 Å². The van der Waals surface area contributed by atoms with Crippen molar-refractivity contribution in [3.8, 4) is 39.6 Å². The smallest absolute Gasteiger partial charge is 0.269 e. The zero-order valence-electron chi connectivity index (χ0n) is 15.8. The van der Waals surface area contributed by atoms with Crippen molar-refractivity contribution >= 4 is 11.5 Å². The van der Waals surface area contributed by atoms with Crippen LogP contribution in [0.1, 0.15) is 5.56 Å². The number of rotatable bonds is 4. The van der Waals surface area contributed by atoms with Crippen molar-refractivity contribution in [1.29, 1.82) is 5.26 Å². The van der Waals surface area contributed by atoms with Gasteiger partial charge in [0.2, 0.25) is 0 Å². The fraction of sp³-hybridized carbons (Fsp3) is 0. The molecule has 0 aliphatic heterocycles. The third-order valence-corrected chi connectivity index (χ3v) is 4.84. The molecule has 3 aromatic carbocycles. The molecule has 0 amide bonds. The van der Waals surface area contributed by atoms with Crippen molar-refractivity contribution in [1.82, 2.24) is 4.98 Å². The Bertz CT molecular complexity index is 1260. The summed E-state index contributed by atoms with van der Waals surface area (Å²) in [5, 5.41) is 20.5. The molecule has 6 heteroatoms. The molecule has 1 aromatic heterocycles. The molecule has 4 aromatic rings. The molecule has 0 saturated heterocycles. The van der Waals surface area contributed by atoms with Gasteiger partial charge in [-0.1, -0.05) is 54.6 Å². The lowest BCUT2D eigenvalue weighted by atomic mass is 9.96. The third kappa shape index (κ3) is 3.60. The number of nitro groups is 1. The summed E-state index contributed by atoms with van der Waals surface area (Å²) in [6.07, 6.45) is 0. The summed E-state index contributed by atoms with van der Waals surface area (Å²) >= 11 is 0. The molecule has 0 aliphatic carbocycles. The van der Waals surface area contributed by atoms with E-state index in [0.29, 0.717) is 22.4 Å². The molecule has 2 N–H and O–H groups in total. The molecule has 0 bridgehead atoms. The van der Waals surface area contributed by atoms with E-state index in [4.69, 9.17) is 5.73 Å². The average Bonchev–Trinajstić information content (AvgIpc) is 2.79. The second kappa shape index (κ2) is 7.86. The molecule has 0 fully saturated rings. The SMILES string of the molecule is N#Cc1c(-c2ccc(-c3ccccc3)cc2)cc(-c2ccc([N+](=O)[O-])cc2)nc1N. The summed E-state index contributed by atoms with van der Waals surface area (Å²) in [6, 6.07) is 27.9. The van der Waals surface area contributed by atoms with Gasteiger partial charge in [-0.05, 0) is 34.9 Å². The predicted molar refractivity (Wildman–Crippen MR) is 116 cm³/mol. The van der Waals surface area contributed by atoms with Crippen molar-refractivity contribution in [3.05, 3.63) is 101 Å². The van der Waals surface area contributed by atoms with E-state index >= 15 is 0 Å². The number of anilines is 1. The maximum atomic E-state index is 10.9. The first kappa shape index (κ1) is 18.8. The maximum Gasteiger partial charge on any atom is 0.269 e. The number of benzene rings is 3. The third-order valence-electron chi connectivity index (χ3n) is 4.84. The van der Waals surface area contributed by atoms with Gasteiger partial charge >= 0.3 is 0 Å². The van der Waals surface area contributed by atoms with Gasteiger partial charge in [0.25, 0.3) is 5.69 Å². The molecule has 0 spiro atoms. The summed E-state index contributed by atoms with van der Waals surface area (Å²) in [6.45, 7) is 0. The normalized spacial score (nSPS) is 10.4. The molecule has 0 aliphatic rings. The summed E-state index contributed by atoms with van der Waals surface area (Å²) in [4.78, 5) is 14.8. The van der Waals surface area contributed by atoms with Crippen LogP contribution < -0.4 is 5.73 Å². The number of hydrogen-bond donors (Lipinski definition) is 1. The van der Waals surface area contributed by atoms with Crippen molar-refractivity contribution in [2.75, 3.05) is 5.73 Å². The van der Waals surface area contributed by atoms with Crippen LogP contribution in [0.4, 0.5) is 11.5 Å². The Balaban J connectivity index is 1.77. The highest BCUT2D eigenvalue weighted by molar-refractivity contribution is 5.81. The standard InChI is InChI=1S/C24H16N4O2/c25-15-22-21(18-8-6-17(7-9-18)16-4-2-1-3-5-16)14-23(27-24(22)26)19-10-12-20(13-11-19)28(29)30/h1-14H,(H2,26,27). The van der Waals surface area contributed by atoms with E-state index in [2.05, 4.69) is 11.1 Å². The Hall–Kier alpha value is -4.50. The average molecular weight is 392 g/mol. The van der Waals surface area contributed by atoms with Crippen LogP contribution in [0.5, 0.6) is 0 Å². The highest BCUT2D eigenvalue weighted by atomic mass is 16.6. The van der Waals surface area contributed by atoms with Crippen LogP contribution in [-0.2, 0) is 0 Å². The van der Waals surface area contributed by atoms with E-state index in [1.54, 1.807) is 18.2 Å². The Morgan fingerprint density at radius 2 is 1.40 bits per heavy atom. The predicted octanol–water partition coefficient (Wildman–Crippen LogP) is 5.44. The summed E-state index contributed by atoms with van der Waals surface area (Å²) in [7, 11) is 0. The molecule has 30 heavy (non-hydrogen) atoms. The summed E-state index contributed by atoms with van der Waals surface area (Å²) in [5.74, 6) is 0.121. The molecule has 0 saturated carbocycles. The van der Waals surface area contributed by atoms with Gasteiger partial charge in [0.05, 0.1) is 10.6 Å².